The summed E-state index contributed by atoms with van der Waals surface area (Å²) in [5.41, 5.74) is -0.788. The maximum absolute atomic E-state index is 12.5. The molecule has 5 nitrogen and oxygen atoms in total. The standard InChI is InChI=1S/C13H16N2O3/c1-13(2,14-7-3-4-8-14)12(18)15-9-5-6-10(15)11(16)17/h3-8,10H,9H2,1-2H3,(H,16,17)/t10-/m0/s1. The highest BCUT2D eigenvalue weighted by atomic mass is 16.4. The van der Waals surface area contributed by atoms with Crippen LogP contribution >= 0.6 is 0 Å². The molecule has 2 rings (SSSR count). The molecular weight excluding hydrogens is 232 g/mol. The second-order valence-electron chi connectivity index (χ2n) is 4.82. The quantitative estimate of drug-likeness (QED) is 0.814. The van der Waals surface area contributed by atoms with E-state index in [2.05, 4.69) is 0 Å². The molecule has 1 N–H and O–H groups in total. The third-order valence-electron chi connectivity index (χ3n) is 3.24. The lowest BCUT2D eigenvalue weighted by Crippen LogP contribution is -2.50. The van der Waals surface area contributed by atoms with E-state index in [1.54, 1.807) is 43.0 Å². The van der Waals surface area contributed by atoms with Crippen molar-refractivity contribution in [3.8, 4) is 0 Å². The van der Waals surface area contributed by atoms with Crippen molar-refractivity contribution in [2.75, 3.05) is 6.54 Å². The minimum absolute atomic E-state index is 0.198. The van der Waals surface area contributed by atoms with E-state index in [-0.39, 0.29) is 5.91 Å². The summed E-state index contributed by atoms with van der Waals surface area (Å²) in [6.07, 6.45) is 6.86. The summed E-state index contributed by atoms with van der Waals surface area (Å²) in [7, 11) is 0. The minimum atomic E-state index is -1.000. The molecule has 0 aliphatic carbocycles. The van der Waals surface area contributed by atoms with E-state index < -0.39 is 17.6 Å². The Morgan fingerprint density at radius 1 is 1.28 bits per heavy atom. The molecule has 0 saturated carbocycles. The smallest absolute Gasteiger partial charge is 0.330 e. The molecular formula is C13H16N2O3. The number of carboxylic acids is 1. The van der Waals surface area contributed by atoms with E-state index >= 15 is 0 Å². The van der Waals surface area contributed by atoms with Gasteiger partial charge in [0.1, 0.15) is 11.6 Å². The number of carbonyl (C=O) groups is 2. The first kappa shape index (κ1) is 12.4. The summed E-state index contributed by atoms with van der Waals surface area (Å²) in [4.78, 5) is 24.9. The molecule has 0 bridgehead atoms. The van der Waals surface area contributed by atoms with Crippen LogP contribution in [-0.4, -0.2) is 39.0 Å². The number of nitrogens with zero attached hydrogens (tertiary/aromatic N) is 2. The number of amides is 1. The maximum Gasteiger partial charge on any atom is 0.330 e. The first-order valence-corrected chi connectivity index (χ1v) is 5.78. The molecule has 5 heteroatoms. The number of hydrogen-bond acceptors (Lipinski definition) is 2. The number of carbonyl (C=O) groups excluding carboxylic acids is 1. The van der Waals surface area contributed by atoms with E-state index in [1.807, 2.05) is 12.1 Å². The Labute approximate surface area is 105 Å². The molecule has 96 valence electrons. The van der Waals surface area contributed by atoms with Gasteiger partial charge in [-0.15, -0.1) is 0 Å². The number of hydrogen-bond donors (Lipinski definition) is 1. The number of aromatic nitrogens is 1. The van der Waals surface area contributed by atoms with Crippen LogP contribution in [0.2, 0.25) is 0 Å². The van der Waals surface area contributed by atoms with Crippen LogP contribution in [0, 0.1) is 0 Å². The van der Waals surface area contributed by atoms with E-state index in [4.69, 9.17) is 5.11 Å². The summed E-state index contributed by atoms with van der Waals surface area (Å²) in [6.45, 7) is 3.92. The van der Waals surface area contributed by atoms with Gasteiger partial charge >= 0.3 is 5.97 Å². The zero-order chi connectivity index (χ0) is 13.3. The van der Waals surface area contributed by atoms with Gasteiger partial charge < -0.3 is 14.6 Å². The van der Waals surface area contributed by atoms with Crippen molar-refractivity contribution < 1.29 is 14.7 Å². The third kappa shape index (κ3) is 1.92. The van der Waals surface area contributed by atoms with E-state index in [1.165, 1.54) is 4.90 Å². The SMILES string of the molecule is CC(C)(C(=O)N1CC=C[C@H]1C(=O)O)n1cccc1. The minimum Gasteiger partial charge on any atom is -0.479 e. The molecule has 18 heavy (non-hydrogen) atoms. The summed E-state index contributed by atoms with van der Waals surface area (Å²) in [5, 5.41) is 9.08. The lowest BCUT2D eigenvalue weighted by Gasteiger charge is -2.32. The van der Waals surface area contributed by atoms with Gasteiger partial charge in [-0.2, -0.15) is 0 Å². The molecule has 0 radical (unpaired) electrons. The second-order valence-corrected chi connectivity index (χ2v) is 4.82. The van der Waals surface area contributed by atoms with Gasteiger partial charge in [-0.3, -0.25) is 4.79 Å². The zero-order valence-corrected chi connectivity index (χ0v) is 10.4. The van der Waals surface area contributed by atoms with Crippen molar-refractivity contribution in [2.24, 2.45) is 0 Å². The average molecular weight is 248 g/mol. The van der Waals surface area contributed by atoms with Crippen molar-refractivity contribution in [1.82, 2.24) is 9.47 Å². The lowest BCUT2D eigenvalue weighted by molar-refractivity contribution is -0.150. The van der Waals surface area contributed by atoms with Gasteiger partial charge in [-0.05, 0) is 26.0 Å². The Kier molecular flexibility index (Phi) is 2.98. The van der Waals surface area contributed by atoms with Crippen LogP contribution in [0.5, 0.6) is 0 Å². The van der Waals surface area contributed by atoms with Gasteiger partial charge in [0, 0.05) is 18.9 Å². The van der Waals surface area contributed by atoms with Gasteiger partial charge in [0.25, 0.3) is 0 Å². The number of rotatable bonds is 3. The molecule has 1 aromatic heterocycles. The summed E-state index contributed by atoms with van der Waals surface area (Å²) < 4.78 is 1.78. The second kappa shape index (κ2) is 4.33. The fourth-order valence-electron chi connectivity index (χ4n) is 2.11. The molecule has 0 fully saturated rings. The van der Waals surface area contributed by atoms with Gasteiger partial charge in [0.05, 0.1) is 0 Å². The maximum atomic E-state index is 12.5. The number of carboxylic acid groups (broad SMARTS) is 1. The van der Waals surface area contributed by atoms with Crippen molar-refractivity contribution in [3.63, 3.8) is 0 Å². The summed E-state index contributed by atoms with van der Waals surface area (Å²) in [5.74, 6) is -1.20. The highest BCUT2D eigenvalue weighted by molar-refractivity contribution is 5.90. The Morgan fingerprint density at radius 3 is 2.44 bits per heavy atom. The van der Waals surface area contributed by atoms with Crippen molar-refractivity contribution in [2.45, 2.75) is 25.4 Å². The van der Waals surface area contributed by atoms with Crippen molar-refractivity contribution in [1.29, 1.82) is 0 Å². The Bertz CT molecular complexity index is 488. The third-order valence-corrected chi connectivity index (χ3v) is 3.24. The van der Waals surface area contributed by atoms with Crippen molar-refractivity contribution in [3.05, 3.63) is 36.7 Å². The van der Waals surface area contributed by atoms with Gasteiger partial charge in [0.15, 0.2) is 0 Å². The summed E-state index contributed by atoms with van der Waals surface area (Å²) >= 11 is 0. The molecule has 1 aliphatic heterocycles. The average Bonchev–Trinajstić information content (AvgIpc) is 2.98. The van der Waals surface area contributed by atoms with Crippen LogP contribution < -0.4 is 0 Å². The molecule has 0 saturated heterocycles. The number of aliphatic carboxylic acids is 1. The topological polar surface area (TPSA) is 62.5 Å². The molecule has 2 heterocycles. The highest BCUT2D eigenvalue weighted by Crippen LogP contribution is 2.22. The van der Waals surface area contributed by atoms with Gasteiger partial charge in [-0.1, -0.05) is 12.2 Å². The van der Waals surface area contributed by atoms with Crippen LogP contribution in [0.15, 0.2) is 36.7 Å². The van der Waals surface area contributed by atoms with Crippen LogP contribution in [0.4, 0.5) is 0 Å². The zero-order valence-electron chi connectivity index (χ0n) is 10.4. The van der Waals surface area contributed by atoms with E-state index in [9.17, 15) is 9.59 Å². The van der Waals surface area contributed by atoms with Gasteiger partial charge in [-0.25, -0.2) is 4.79 Å². The Morgan fingerprint density at radius 2 is 1.89 bits per heavy atom. The fourth-order valence-corrected chi connectivity index (χ4v) is 2.11. The Balaban J connectivity index is 2.24. The fraction of sp³-hybridized carbons (Fsp3) is 0.385. The van der Waals surface area contributed by atoms with Crippen LogP contribution in [0.25, 0.3) is 0 Å². The Hall–Kier alpha value is -2.04. The predicted molar refractivity (Wildman–Crippen MR) is 66.0 cm³/mol. The largest absolute Gasteiger partial charge is 0.479 e. The summed E-state index contributed by atoms with van der Waals surface area (Å²) in [6, 6.07) is 2.82. The van der Waals surface area contributed by atoms with Crippen molar-refractivity contribution >= 4 is 11.9 Å². The predicted octanol–water partition coefficient (Wildman–Crippen LogP) is 1.07. The molecule has 1 aliphatic rings. The molecule has 1 amide bonds. The molecule has 0 spiro atoms. The molecule has 1 atom stereocenters. The van der Waals surface area contributed by atoms with E-state index in [0.717, 1.165) is 0 Å². The normalized spacial score (nSPS) is 19.2. The van der Waals surface area contributed by atoms with Gasteiger partial charge in [0.2, 0.25) is 5.91 Å². The lowest BCUT2D eigenvalue weighted by atomic mass is 10.0. The first-order chi connectivity index (χ1) is 8.44. The highest BCUT2D eigenvalue weighted by Gasteiger charge is 2.39. The van der Waals surface area contributed by atoms with Crippen LogP contribution in [-0.2, 0) is 15.1 Å². The van der Waals surface area contributed by atoms with Crippen LogP contribution in [0.1, 0.15) is 13.8 Å². The molecule has 0 aromatic carbocycles. The van der Waals surface area contributed by atoms with Crippen LogP contribution in [0.3, 0.4) is 0 Å². The monoisotopic (exact) mass is 248 g/mol. The van der Waals surface area contributed by atoms with E-state index in [0.29, 0.717) is 6.54 Å². The molecule has 0 unspecified atom stereocenters. The molecule has 1 aromatic rings. The first-order valence-electron chi connectivity index (χ1n) is 5.78.